The number of carbonyl (C=O) groups excluding carboxylic acids is 1. The summed E-state index contributed by atoms with van der Waals surface area (Å²) in [5, 5.41) is 0. The summed E-state index contributed by atoms with van der Waals surface area (Å²) >= 11 is 5.49. The highest BCUT2D eigenvalue weighted by atomic mass is 35.5. The molecule has 0 amide bonds. The number of carbonyl (C=O) groups is 1. The summed E-state index contributed by atoms with van der Waals surface area (Å²) in [5.41, 5.74) is 0. The maximum absolute atomic E-state index is 11.8. The van der Waals surface area contributed by atoms with E-state index in [0.717, 1.165) is 0 Å². The van der Waals surface area contributed by atoms with Crippen LogP contribution in [-0.2, 0) is 19.6 Å². The summed E-state index contributed by atoms with van der Waals surface area (Å²) in [6.45, 7) is 3.70. The van der Waals surface area contributed by atoms with E-state index in [1.54, 1.807) is 0 Å². The van der Waals surface area contributed by atoms with E-state index in [2.05, 4.69) is 9.46 Å². The van der Waals surface area contributed by atoms with Gasteiger partial charge >= 0.3 is 5.97 Å². The zero-order chi connectivity index (χ0) is 14.2. The fraction of sp³-hybridized carbons (Fsp3) is 0.909. The molecule has 108 valence electrons. The Hall–Kier alpha value is -0.330. The second kappa shape index (κ2) is 8.72. The molecule has 0 saturated carbocycles. The van der Waals surface area contributed by atoms with Gasteiger partial charge in [0.05, 0.1) is 12.9 Å². The van der Waals surface area contributed by atoms with E-state index in [4.69, 9.17) is 11.6 Å². The van der Waals surface area contributed by atoms with E-state index in [0.29, 0.717) is 25.1 Å². The maximum atomic E-state index is 11.8. The minimum Gasteiger partial charge on any atom is -0.468 e. The molecule has 7 heteroatoms. The van der Waals surface area contributed by atoms with Crippen LogP contribution >= 0.6 is 11.6 Å². The number of unbranched alkanes of at least 4 members (excludes halogenated alkanes) is 1. The predicted molar refractivity (Wildman–Crippen MR) is 72.1 cm³/mol. The number of methoxy groups -OCH3 is 1. The van der Waals surface area contributed by atoms with E-state index in [1.165, 1.54) is 7.11 Å². The minimum absolute atomic E-state index is 0.0242. The van der Waals surface area contributed by atoms with Crippen molar-refractivity contribution in [1.29, 1.82) is 0 Å². The van der Waals surface area contributed by atoms with Crippen LogP contribution < -0.4 is 4.72 Å². The van der Waals surface area contributed by atoms with Crippen LogP contribution in [0.4, 0.5) is 0 Å². The van der Waals surface area contributed by atoms with Gasteiger partial charge < -0.3 is 4.74 Å². The second-order valence-electron chi connectivity index (χ2n) is 4.22. The molecule has 0 aromatic carbocycles. The normalized spacial score (nSPS) is 15.1. The quantitative estimate of drug-likeness (QED) is 0.398. The van der Waals surface area contributed by atoms with Gasteiger partial charge in [0.1, 0.15) is 6.04 Å². The molecular weight excluding hydrogens is 278 g/mol. The van der Waals surface area contributed by atoms with Gasteiger partial charge in [0.15, 0.2) is 0 Å². The Kier molecular flexibility index (Phi) is 8.56. The summed E-state index contributed by atoms with van der Waals surface area (Å²) in [7, 11) is -2.22. The lowest BCUT2D eigenvalue weighted by molar-refractivity contribution is -0.143. The summed E-state index contributed by atoms with van der Waals surface area (Å²) in [6, 6.07) is -0.819. The molecule has 0 heterocycles. The van der Waals surface area contributed by atoms with Crippen LogP contribution in [0.15, 0.2) is 0 Å². The maximum Gasteiger partial charge on any atom is 0.324 e. The summed E-state index contributed by atoms with van der Waals surface area (Å²) in [4.78, 5) is 11.5. The third-order valence-electron chi connectivity index (χ3n) is 2.77. The first-order chi connectivity index (χ1) is 8.37. The Labute approximate surface area is 114 Å². The first-order valence-electron chi connectivity index (χ1n) is 6.01. The molecule has 0 aliphatic heterocycles. The van der Waals surface area contributed by atoms with E-state index >= 15 is 0 Å². The Morgan fingerprint density at radius 1 is 1.39 bits per heavy atom. The number of ether oxygens (including phenoxy) is 1. The van der Waals surface area contributed by atoms with Crippen molar-refractivity contribution < 1.29 is 17.9 Å². The first-order valence-corrected chi connectivity index (χ1v) is 8.20. The summed E-state index contributed by atoms with van der Waals surface area (Å²) in [6.07, 6.45) is 1.80. The van der Waals surface area contributed by atoms with Gasteiger partial charge in [-0.1, -0.05) is 20.3 Å². The molecule has 0 aromatic rings. The number of nitrogens with one attached hydrogen (secondary N) is 1. The van der Waals surface area contributed by atoms with Crippen molar-refractivity contribution in [3.05, 3.63) is 0 Å². The molecule has 0 aliphatic carbocycles. The fourth-order valence-corrected chi connectivity index (χ4v) is 3.00. The number of sulfonamides is 1. The molecule has 0 aromatic heterocycles. The summed E-state index contributed by atoms with van der Waals surface area (Å²) in [5.74, 6) is -0.254. The van der Waals surface area contributed by atoms with E-state index in [1.807, 2.05) is 13.8 Å². The molecule has 2 unspecified atom stereocenters. The Bertz CT molecular complexity index is 345. The largest absolute Gasteiger partial charge is 0.468 e. The number of alkyl halides is 1. The fourth-order valence-electron chi connectivity index (χ4n) is 1.40. The SMILES string of the molecule is CCC(C)C(NS(=O)(=O)CCCCCl)C(=O)OC. The number of hydrogen-bond acceptors (Lipinski definition) is 4. The molecule has 0 saturated heterocycles. The Morgan fingerprint density at radius 3 is 2.44 bits per heavy atom. The van der Waals surface area contributed by atoms with Crippen molar-refractivity contribution in [1.82, 2.24) is 4.72 Å². The molecular formula is C11H22ClNO4S. The summed E-state index contributed by atoms with van der Waals surface area (Å²) < 4.78 is 30.6. The number of rotatable bonds is 9. The van der Waals surface area contributed by atoms with Crippen LogP contribution in [0, 0.1) is 5.92 Å². The lowest BCUT2D eigenvalue weighted by atomic mass is 10.0. The number of hydrogen-bond donors (Lipinski definition) is 1. The second-order valence-corrected chi connectivity index (χ2v) is 6.47. The number of esters is 1. The zero-order valence-electron chi connectivity index (χ0n) is 11.1. The van der Waals surface area contributed by atoms with E-state index < -0.39 is 22.0 Å². The smallest absolute Gasteiger partial charge is 0.324 e. The van der Waals surface area contributed by atoms with Gasteiger partial charge in [0.2, 0.25) is 10.0 Å². The Balaban J connectivity index is 4.61. The average Bonchev–Trinajstić information content (AvgIpc) is 2.34. The molecule has 0 fully saturated rings. The monoisotopic (exact) mass is 299 g/mol. The van der Waals surface area contributed by atoms with Crippen molar-refractivity contribution in [3.8, 4) is 0 Å². The predicted octanol–water partition coefficient (Wildman–Crippen LogP) is 1.51. The Morgan fingerprint density at radius 2 is 2.00 bits per heavy atom. The molecule has 1 N–H and O–H groups in total. The van der Waals surface area contributed by atoms with Crippen LogP contribution in [0.2, 0.25) is 0 Å². The topological polar surface area (TPSA) is 72.5 Å². The van der Waals surface area contributed by atoms with Crippen LogP contribution in [0.1, 0.15) is 33.1 Å². The highest BCUT2D eigenvalue weighted by molar-refractivity contribution is 7.89. The van der Waals surface area contributed by atoms with Crippen molar-refractivity contribution in [3.63, 3.8) is 0 Å². The van der Waals surface area contributed by atoms with Crippen molar-refractivity contribution in [2.75, 3.05) is 18.7 Å². The molecule has 18 heavy (non-hydrogen) atoms. The van der Waals surface area contributed by atoms with Crippen LogP contribution in [0.25, 0.3) is 0 Å². The van der Waals surface area contributed by atoms with Gasteiger partial charge in [-0.15, -0.1) is 11.6 Å². The number of halogens is 1. The highest BCUT2D eigenvalue weighted by Crippen LogP contribution is 2.11. The van der Waals surface area contributed by atoms with Gasteiger partial charge in [-0.2, -0.15) is 0 Å². The van der Waals surface area contributed by atoms with Crippen molar-refractivity contribution in [2.24, 2.45) is 5.92 Å². The average molecular weight is 300 g/mol. The van der Waals surface area contributed by atoms with Crippen molar-refractivity contribution in [2.45, 2.75) is 39.2 Å². The third-order valence-corrected chi connectivity index (χ3v) is 4.48. The molecule has 2 atom stereocenters. The lowest BCUT2D eigenvalue weighted by Gasteiger charge is -2.21. The molecule has 0 bridgehead atoms. The van der Waals surface area contributed by atoms with Crippen LogP contribution in [0.3, 0.4) is 0 Å². The van der Waals surface area contributed by atoms with Gasteiger partial charge in [-0.05, 0) is 18.8 Å². The van der Waals surface area contributed by atoms with Gasteiger partial charge in [-0.25, -0.2) is 13.1 Å². The molecule has 0 radical (unpaired) electrons. The molecule has 5 nitrogen and oxygen atoms in total. The third kappa shape index (κ3) is 6.56. The van der Waals surface area contributed by atoms with Crippen LogP contribution in [0.5, 0.6) is 0 Å². The highest BCUT2D eigenvalue weighted by Gasteiger charge is 2.29. The van der Waals surface area contributed by atoms with E-state index in [-0.39, 0.29) is 11.7 Å². The first kappa shape index (κ1) is 17.7. The van der Waals surface area contributed by atoms with Gasteiger partial charge in [-0.3, -0.25) is 4.79 Å². The molecule has 0 rings (SSSR count). The van der Waals surface area contributed by atoms with Crippen molar-refractivity contribution >= 4 is 27.6 Å². The molecule has 0 aliphatic rings. The zero-order valence-corrected chi connectivity index (χ0v) is 12.7. The van der Waals surface area contributed by atoms with E-state index in [9.17, 15) is 13.2 Å². The lowest BCUT2D eigenvalue weighted by Crippen LogP contribution is -2.46. The van der Waals surface area contributed by atoms with Gasteiger partial charge in [0, 0.05) is 5.88 Å². The molecule has 0 spiro atoms. The van der Waals surface area contributed by atoms with Crippen LogP contribution in [-0.4, -0.2) is 39.2 Å². The minimum atomic E-state index is -3.47. The van der Waals surface area contributed by atoms with Gasteiger partial charge in [0.25, 0.3) is 0 Å². The standard InChI is InChI=1S/C11H22ClNO4S/c1-4-9(2)10(11(14)17-3)13-18(15,16)8-6-5-7-12/h9-10,13H,4-8H2,1-3H3.